The third kappa shape index (κ3) is 6.13. The lowest BCUT2D eigenvalue weighted by atomic mass is 9.68. The molecule has 214 valence electrons. The number of nitrogens with one attached hydrogen (secondary N) is 1. The van der Waals surface area contributed by atoms with Crippen molar-refractivity contribution in [2.45, 2.75) is 95.8 Å². The Balaban J connectivity index is 0.000000845. The number of hydrogen-bond donors (Lipinski definition) is 1. The summed E-state index contributed by atoms with van der Waals surface area (Å²) >= 11 is 0. The van der Waals surface area contributed by atoms with E-state index in [1.807, 2.05) is 27.7 Å². The van der Waals surface area contributed by atoms with Gasteiger partial charge < -0.3 is 9.64 Å². The number of carbonyl (C=O) groups is 1. The van der Waals surface area contributed by atoms with E-state index in [2.05, 4.69) is 33.9 Å². The maximum Gasteiger partial charge on any atom is 0.264 e. The number of amides is 1. The number of hydrogen-bond acceptors (Lipinski definition) is 5. The van der Waals surface area contributed by atoms with E-state index in [0.717, 1.165) is 63.1 Å². The van der Waals surface area contributed by atoms with Crippen molar-refractivity contribution in [3.8, 4) is 5.75 Å². The molecule has 1 N–H and O–H groups in total. The fourth-order valence-corrected chi connectivity index (χ4v) is 7.76. The van der Waals surface area contributed by atoms with Crippen molar-refractivity contribution in [2.75, 3.05) is 24.6 Å². The molecular formula is C32H46N2O4S. The first kappa shape index (κ1) is 29.4. The minimum absolute atomic E-state index is 0.119. The summed E-state index contributed by atoms with van der Waals surface area (Å²) in [5.74, 6) is 1.58. The minimum Gasteiger partial charge on any atom is -0.490 e. The van der Waals surface area contributed by atoms with Crippen molar-refractivity contribution in [2.24, 2.45) is 11.8 Å². The highest BCUT2D eigenvalue weighted by Gasteiger charge is 2.43. The molecule has 3 unspecified atom stereocenters. The number of nitrogens with zero attached hydrogens (tertiary/aromatic N) is 1. The van der Waals surface area contributed by atoms with E-state index in [4.69, 9.17) is 4.74 Å². The van der Waals surface area contributed by atoms with Gasteiger partial charge in [-0.25, -0.2) is 13.1 Å². The zero-order valence-corrected chi connectivity index (χ0v) is 25.0. The summed E-state index contributed by atoms with van der Waals surface area (Å²) in [4.78, 5) is 14.9. The normalized spacial score (nSPS) is 27.2. The van der Waals surface area contributed by atoms with Crippen LogP contribution in [0.3, 0.4) is 0 Å². The molecule has 0 aromatic heterocycles. The third-order valence-corrected chi connectivity index (χ3v) is 10.1. The Kier molecular flexibility index (Phi) is 9.63. The fraction of sp³-hybridized carbons (Fsp3) is 0.594. The van der Waals surface area contributed by atoms with E-state index in [9.17, 15) is 13.2 Å². The maximum absolute atomic E-state index is 13.1. The van der Waals surface area contributed by atoms with E-state index in [-0.39, 0.29) is 16.7 Å². The van der Waals surface area contributed by atoms with E-state index in [1.54, 1.807) is 18.2 Å². The Bertz CT molecular complexity index is 1240. The van der Waals surface area contributed by atoms with Crippen molar-refractivity contribution in [3.63, 3.8) is 0 Å². The van der Waals surface area contributed by atoms with E-state index < -0.39 is 15.9 Å². The van der Waals surface area contributed by atoms with Gasteiger partial charge in [-0.3, -0.25) is 4.79 Å². The quantitative estimate of drug-likeness (QED) is 0.396. The highest BCUT2D eigenvalue weighted by molar-refractivity contribution is 7.90. The number of benzene rings is 2. The molecule has 2 aliphatic carbocycles. The van der Waals surface area contributed by atoms with Crippen molar-refractivity contribution in [1.29, 1.82) is 0 Å². The van der Waals surface area contributed by atoms with Crippen LogP contribution in [0.4, 0.5) is 5.69 Å². The predicted molar refractivity (Wildman–Crippen MR) is 158 cm³/mol. The summed E-state index contributed by atoms with van der Waals surface area (Å²) in [5.41, 5.74) is 3.50. The van der Waals surface area contributed by atoms with Crippen molar-refractivity contribution in [1.82, 2.24) is 4.72 Å². The summed E-state index contributed by atoms with van der Waals surface area (Å²) in [5, 5.41) is 0. The first-order chi connectivity index (χ1) is 18.9. The second-order valence-corrected chi connectivity index (χ2v) is 12.6. The van der Waals surface area contributed by atoms with Crippen molar-refractivity contribution in [3.05, 3.63) is 53.6 Å². The van der Waals surface area contributed by atoms with Gasteiger partial charge in [0, 0.05) is 24.9 Å². The Labute approximate surface area is 235 Å². The van der Waals surface area contributed by atoms with E-state index in [0.29, 0.717) is 18.4 Å². The molecule has 2 aromatic carbocycles. The minimum atomic E-state index is -3.93. The summed E-state index contributed by atoms with van der Waals surface area (Å²) < 4.78 is 34.9. The number of aryl methyl sites for hydroxylation is 1. The van der Waals surface area contributed by atoms with Crippen LogP contribution in [0.1, 0.15) is 90.2 Å². The van der Waals surface area contributed by atoms with Crippen LogP contribution in [-0.2, 0) is 26.7 Å². The summed E-state index contributed by atoms with van der Waals surface area (Å²) in [6, 6.07) is 13.8. The SMILES string of the molecule is CC.CC.O=C1CCCCC2CCC2CN2CC3(CCCc4ccccc43)COc3ccc(cc32)S(=O)(=O)N1. The van der Waals surface area contributed by atoms with Gasteiger partial charge >= 0.3 is 0 Å². The Morgan fingerprint density at radius 1 is 0.923 bits per heavy atom. The number of anilines is 1. The number of rotatable bonds is 0. The molecule has 2 bridgehead atoms. The highest BCUT2D eigenvalue weighted by atomic mass is 32.2. The van der Waals surface area contributed by atoms with Gasteiger partial charge in [0.2, 0.25) is 5.91 Å². The zero-order valence-electron chi connectivity index (χ0n) is 24.2. The molecule has 1 saturated carbocycles. The van der Waals surface area contributed by atoms with Crippen LogP contribution in [0, 0.1) is 11.8 Å². The zero-order chi connectivity index (χ0) is 28.0. The summed E-state index contributed by atoms with van der Waals surface area (Å²) in [6.45, 7) is 10.3. The van der Waals surface area contributed by atoms with Gasteiger partial charge in [0.25, 0.3) is 10.0 Å². The molecule has 2 aromatic rings. The second-order valence-electron chi connectivity index (χ2n) is 11.0. The van der Waals surface area contributed by atoms with E-state index in [1.165, 1.54) is 24.0 Å². The lowest BCUT2D eigenvalue weighted by Gasteiger charge is -2.44. The number of fused-ring (bicyclic) bond motifs is 4. The fourth-order valence-electron chi connectivity index (χ4n) is 6.72. The standard InChI is InChI=1S/C28H34N2O4S.2C2H6/c31-27-10-4-2-6-20-11-12-22(20)17-30-18-28(15-5-8-21-7-1-3-9-24(21)28)19-34-26-14-13-23(16-25(26)30)35(32,33)29-27;2*1-2/h1,3,7,9,13-14,16,20,22H,2,4-6,8,10-12,15,17-19H2,(H,29,31);2*1-2H3. The number of sulfonamides is 1. The van der Waals surface area contributed by atoms with Gasteiger partial charge in [-0.1, -0.05) is 64.8 Å². The monoisotopic (exact) mass is 554 g/mol. The topological polar surface area (TPSA) is 75.7 Å². The summed E-state index contributed by atoms with van der Waals surface area (Å²) in [6.07, 6.45) is 8.78. The van der Waals surface area contributed by atoms with Crippen LogP contribution < -0.4 is 14.4 Å². The Hall–Kier alpha value is -2.54. The predicted octanol–water partition coefficient (Wildman–Crippen LogP) is 6.62. The lowest BCUT2D eigenvalue weighted by molar-refractivity contribution is -0.119. The molecule has 2 aliphatic heterocycles. The smallest absolute Gasteiger partial charge is 0.264 e. The van der Waals surface area contributed by atoms with Crippen molar-refractivity contribution >= 4 is 21.6 Å². The lowest BCUT2D eigenvalue weighted by Crippen LogP contribution is -2.48. The average Bonchev–Trinajstić information content (AvgIpc) is 3.10. The molecule has 7 heteroatoms. The average molecular weight is 555 g/mol. The van der Waals surface area contributed by atoms with Crippen LogP contribution in [0.5, 0.6) is 5.75 Å². The van der Waals surface area contributed by atoms with Crippen LogP contribution in [0.25, 0.3) is 0 Å². The van der Waals surface area contributed by atoms with Crippen LogP contribution in [0.15, 0.2) is 47.4 Å². The first-order valence-corrected chi connectivity index (χ1v) is 16.6. The second kappa shape index (κ2) is 12.8. The Morgan fingerprint density at radius 2 is 1.69 bits per heavy atom. The molecule has 4 aliphatic rings. The largest absolute Gasteiger partial charge is 0.490 e. The molecule has 6 rings (SSSR count). The number of ether oxygens (including phenoxy) is 1. The maximum atomic E-state index is 13.1. The molecule has 0 radical (unpaired) electrons. The molecule has 39 heavy (non-hydrogen) atoms. The molecule has 1 amide bonds. The van der Waals surface area contributed by atoms with Crippen LogP contribution in [-0.4, -0.2) is 34.0 Å². The van der Waals surface area contributed by atoms with Crippen LogP contribution >= 0.6 is 0 Å². The van der Waals surface area contributed by atoms with Gasteiger partial charge in [-0.15, -0.1) is 0 Å². The van der Waals surface area contributed by atoms with Crippen molar-refractivity contribution < 1.29 is 17.9 Å². The molecule has 0 saturated heterocycles. The highest BCUT2D eigenvalue weighted by Crippen LogP contribution is 2.46. The number of carbonyl (C=O) groups excluding carboxylic acids is 1. The van der Waals surface area contributed by atoms with Gasteiger partial charge in [0.1, 0.15) is 5.75 Å². The molecule has 1 fully saturated rings. The van der Waals surface area contributed by atoms with Crippen LogP contribution in [0.2, 0.25) is 0 Å². The molecule has 3 atom stereocenters. The van der Waals surface area contributed by atoms with Gasteiger partial charge in [0.05, 0.1) is 17.2 Å². The molecular weight excluding hydrogens is 508 g/mol. The summed E-state index contributed by atoms with van der Waals surface area (Å²) in [7, 11) is -3.93. The first-order valence-electron chi connectivity index (χ1n) is 15.1. The molecule has 6 nitrogen and oxygen atoms in total. The third-order valence-electron chi connectivity index (χ3n) is 8.78. The molecule has 1 spiro atoms. The molecule has 2 heterocycles. The Morgan fingerprint density at radius 3 is 2.46 bits per heavy atom. The van der Waals surface area contributed by atoms with Gasteiger partial charge in [0.15, 0.2) is 0 Å². The van der Waals surface area contributed by atoms with E-state index >= 15 is 0 Å². The van der Waals surface area contributed by atoms with Gasteiger partial charge in [-0.2, -0.15) is 0 Å². The van der Waals surface area contributed by atoms with Gasteiger partial charge in [-0.05, 0) is 79.7 Å².